The lowest BCUT2D eigenvalue weighted by atomic mass is 9.98. The highest BCUT2D eigenvalue weighted by Crippen LogP contribution is 2.26. The van der Waals surface area contributed by atoms with Gasteiger partial charge in [-0.1, -0.05) is 108 Å². The molecule has 8 aromatic rings. The molecular weight excluding hydrogens is 765 g/mol. The molecule has 0 spiro atoms. The molecule has 8 nitrogen and oxygen atoms in total. The van der Waals surface area contributed by atoms with Gasteiger partial charge in [0, 0.05) is 50.5 Å². The number of carbonyl (C=O) groups is 2. The molecule has 8 heteroatoms. The molecule has 0 atom stereocenters. The van der Waals surface area contributed by atoms with Crippen LogP contribution in [0.3, 0.4) is 0 Å². The number of nitrogens with zero attached hydrogens (tertiary/aromatic N) is 6. The maximum absolute atomic E-state index is 12.4. The van der Waals surface area contributed by atoms with E-state index in [1.54, 1.807) is 12.4 Å². The topological polar surface area (TPSA) is 94.5 Å². The van der Waals surface area contributed by atoms with Crippen LogP contribution in [0.2, 0.25) is 0 Å². The van der Waals surface area contributed by atoms with Gasteiger partial charge in [0.15, 0.2) is 11.6 Å². The van der Waals surface area contributed by atoms with Gasteiger partial charge in [0.2, 0.25) is 0 Å². The minimum atomic E-state index is 0.120. The van der Waals surface area contributed by atoms with E-state index in [1.165, 1.54) is 11.1 Å². The van der Waals surface area contributed by atoms with Crippen LogP contribution in [0.4, 0.5) is 0 Å². The molecule has 2 aromatic heterocycles. The summed E-state index contributed by atoms with van der Waals surface area (Å²) in [5.41, 5.74) is 17.4. The lowest BCUT2D eigenvalue weighted by molar-refractivity contribution is -0.117. The summed E-state index contributed by atoms with van der Waals surface area (Å²) in [6, 6.07) is 41.2. The van der Waals surface area contributed by atoms with Crippen LogP contribution in [-0.4, -0.2) is 56.2 Å². The molecule has 62 heavy (non-hydrogen) atoms. The summed E-state index contributed by atoms with van der Waals surface area (Å²) in [6.07, 6.45) is 4.40. The van der Waals surface area contributed by atoms with Crippen LogP contribution in [0.5, 0.6) is 0 Å². The fourth-order valence-corrected chi connectivity index (χ4v) is 7.77. The quantitative estimate of drug-likeness (QED) is 0.115. The van der Waals surface area contributed by atoms with E-state index in [-0.39, 0.29) is 24.7 Å². The first-order valence-electron chi connectivity index (χ1n) is 21.0. The zero-order valence-electron chi connectivity index (χ0n) is 37.0. The molecule has 0 aliphatic carbocycles. The third-order valence-electron chi connectivity index (χ3n) is 11.5. The molecule has 0 amide bonds. The maximum Gasteiger partial charge on any atom is 0.158 e. The summed E-state index contributed by atoms with van der Waals surface area (Å²) < 4.78 is 4.21. The summed E-state index contributed by atoms with van der Waals surface area (Å²) in [5.74, 6) is 2.12. The lowest BCUT2D eigenvalue weighted by Crippen LogP contribution is -2.09. The first kappa shape index (κ1) is 43.0. The lowest BCUT2D eigenvalue weighted by Gasteiger charge is -2.07. The molecule has 0 bridgehead atoms. The molecule has 0 radical (unpaired) electrons. The third-order valence-corrected chi connectivity index (χ3v) is 11.5. The van der Waals surface area contributed by atoms with Gasteiger partial charge in [-0.2, -0.15) is 0 Å². The van der Waals surface area contributed by atoms with Gasteiger partial charge in [-0.25, -0.2) is 9.97 Å². The number of hydrogen-bond donors (Lipinski definition) is 0. The normalized spacial score (nSPS) is 11.5. The Morgan fingerprint density at radius 2 is 0.919 bits per heavy atom. The van der Waals surface area contributed by atoms with E-state index in [4.69, 9.17) is 9.97 Å². The number of hydrogen-bond acceptors (Lipinski definition) is 6. The Bertz CT molecular complexity index is 2880. The van der Waals surface area contributed by atoms with Gasteiger partial charge in [-0.3, -0.25) is 19.6 Å². The Hall–Kier alpha value is -7.06. The van der Waals surface area contributed by atoms with Gasteiger partial charge in [-0.05, 0) is 110 Å². The highest BCUT2D eigenvalue weighted by atomic mass is 16.1. The predicted octanol–water partition coefficient (Wildman–Crippen LogP) is 10.8. The number of fused-ring (bicyclic) bond motifs is 2. The minimum absolute atomic E-state index is 0.120. The number of aliphatic imine (C=N–C) groups is 2. The van der Waals surface area contributed by atoms with Crippen LogP contribution in [0.1, 0.15) is 55.6 Å². The standard InChI is InChI=1S/2C27H27N3O/c1-18-8-11-22(12-9-18)27-29-25-14-21(10-13-26(25)30(27)4)16-28-17-23(31)15-24-19(2)6-5-7-20(24)3;1-18-8-11-22(12-9-18)27-29-25-13-10-21(14-26(25)30(27)4)16-28-17-23(31)15-24-19(2)6-5-7-20(24)3/h2*5-14,16H,15,17H2,1-4H3. The van der Waals surface area contributed by atoms with E-state index in [9.17, 15) is 9.59 Å². The molecule has 0 aliphatic heterocycles. The zero-order chi connectivity index (χ0) is 43.9. The van der Waals surface area contributed by atoms with Crippen molar-refractivity contribution >= 4 is 46.1 Å². The largest absolute Gasteiger partial charge is 0.327 e. The fraction of sp³-hybridized carbons (Fsp3) is 0.222. The van der Waals surface area contributed by atoms with Crippen LogP contribution >= 0.6 is 0 Å². The maximum atomic E-state index is 12.4. The Morgan fingerprint density at radius 1 is 0.500 bits per heavy atom. The third kappa shape index (κ3) is 10.1. The highest BCUT2D eigenvalue weighted by Gasteiger charge is 2.13. The van der Waals surface area contributed by atoms with Crippen molar-refractivity contribution in [3.8, 4) is 22.8 Å². The Labute approximate surface area is 364 Å². The number of ketones is 2. The fourth-order valence-electron chi connectivity index (χ4n) is 7.77. The Balaban J connectivity index is 0.000000186. The smallest absolute Gasteiger partial charge is 0.158 e. The van der Waals surface area contributed by atoms with Gasteiger partial charge in [-0.15, -0.1) is 0 Å². The first-order chi connectivity index (χ1) is 29.8. The minimum Gasteiger partial charge on any atom is -0.327 e. The second-order valence-electron chi connectivity index (χ2n) is 16.3. The van der Waals surface area contributed by atoms with Gasteiger partial charge in [0.25, 0.3) is 0 Å². The SMILES string of the molecule is Cc1ccc(-c2nc3cc(C=NCC(=O)Cc4c(C)cccc4C)ccc3n2C)cc1.Cc1ccc(-c2nc3ccc(C=NCC(=O)Cc4c(C)cccc4C)cc3n2C)cc1. The van der Waals surface area contributed by atoms with E-state index in [1.807, 2.05) is 102 Å². The number of benzene rings is 6. The van der Waals surface area contributed by atoms with Gasteiger partial charge < -0.3 is 9.13 Å². The molecule has 0 N–H and O–H groups in total. The number of rotatable bonds is 12. The molecule has 0 fully saturated rings. The van der Waals surface area contributed by atoms with E-state index in [2.05, 4.69) is 93.6 Å². The van der Waals surface area contributed by atoms with Crippen molar-refractivity contribution in [1.29, 1.82) is 0 Å². The van der Waals surface area contributed by atoms with Crippen LogP contribution < -0.4 is 0 Å². The van der Waals surface area contributed by atoms with E-state index in [0.717, 1.165) is 89.4 Å². The van der Waals surface area contributed by atoms with Crippen LogP contribution in [0.15, 0.2) is 131 Å². The van der Waals surface area contributed by atoms with Crippen molar-refractivity contribution in [3.63, 3.8) is 0 Å². The van der Waals surface area contributed by atoms with Crippen molar-refractivity contribution in [1.82, 2.24) is 19.1 Å². The van der Waals surface area contributed by atoms with Crippen LogP contribution in [0, 0.1) is 41.5 Å². The monoisotopic (exact) mass is 818 g/mol. The average molecular weight is 819 g/mol. The van der Waals surface area contributed by atoms with Crippen molar-refractivity contribution in [3.05, 3.63) is 177 Å². The predicted molar refractivity (Wildman–Crippen MR) is 256 cm³/mol. The van der Waals surface area contributed by atoms with Crippen LogP contribution in [0.25, 0.3) is 44.8 Å². The summed E-state index contributed by atoms with van der Waals surface area (Å²) >= 11 is 0. The van der Waals surface area contributed by atoms with Gasteiger partial charge in [0.05, 0.1) is 35.2 Å². The van der Waals surface area contributed by atoms with E-state index >= 15 is 0 Å². The molecule has 8 rings (SSSR count). The van der Waals surface area contributed by atoms with Gasteiger partial charge >= 0.3 is 0 Å². The molecule has 0 saturated heterocycles. The number of imidazole rings is 2. The summed E-state index contributed by atoms with van der Waals surface area (Å²) in [5, 5.41) is 0. The Kier molecular flexibility index (Phi) is 13.3. The molecule has 6 aromatic carbocycles. The molecule has 0 saturated carbocycles. The summed E-state index contributed by atoms with van der Waals surface area (Å²) in [7, 11) is 4.06. The Morgan fingerprint density at radius 3 is 1.40 bits per heavy atom. The number of carbonyl (C=O) groups excluding carboxylic acids is 2. The van der Waals surface area contributed by atoms with E-state index in [0.29, 0.717) is 12.8 Å². The molecule has 2 heterocycles. The van der Waals surface area contributed by atoms with Crippen molar-refractivity contribution in [2.45, 2.75) is 54.4 Å². The first-order valence-corrected chi connectivity index (χ1v) is 21.0. The van der Waals surface area contributed by atoms with E-state index < -0.39 is 0 Å². The van der Waals surface area contributed by atoms with Crippen LogP contribution in [-0.2, 0) is 36.5 Å². The number of Topliss-reactive ketones (excluding diaryl/α,β-unsaturated/α-hetero) is 2. The number of aromatic nitrogens is 4. The van der Waals surface area contributed by atoms with Crippen molar-refractivity contribution in [2.24, 2.45) is 24.1 Å². The van der Waals surface area contributed by atoms with Gasteiger partial charge in [0.1, 0.15) is 11.6 Å². The van der Waals surface area contributed by atoms with Crippen molar-refractivity contribution in [2.75, 3.05) is 13.1 Å². The molecule has 0 unspecified atom stereocenters. The molecule has 312 valence electrons. The molecule has 0 aliphatic rings. The highest BCUT2D eigenvalue weighted by molar-refractivity contribution is 5.92. The summed E-state index contributed by atoms with van der Waals surface area (Å²) in [4.78, 5) is 43.3. The second-order valence-corrected chi connectivity index (χ2v) is 16.3. The van der Waals surface area contributed by atoms with Crippen molar-refractivity contribution < 1.29 is 9.59 Å². The number of aryl methyl sites for hydroxylation is 8. The molecular formula is C54H54N6O2. The zero-order valence-corrected chi connectivity index (χ0v) is 37.0. The summed E-state index contributed by atoms with van der Waals surface area (Å²) in [6.45, 7) is 12.7. The second kappa shape index (κ2) is 19.1. The average Bonchev–Trinajstić information content (AvgIpc) is 3.76.